The predicted octanol–water partition coefficient (Wildman–Crippen LogP) is 3.43. The molecule has 94 valence electrons. The zero-order valence-electron chi connectivity index (χ0n) is 11.0. The van der Waals surface area contributed by atoms with Crippen LogP contribution in [0.5, 0.6) is 5.75 Å². The summed E-state index contributed by atoms with van der Waals surface area (Å²) >= 11 is 0. The van der Waals surface area contributed by atoms with Gasteiger partial charge in [0.25, 0.3) is 0 Å². The van der Waals surface area contributed by atoms with E-state index in [2.05, 4.69) is 4.98 Å². The fourth-order valence-corrected chi connectivity index (χ4v) is 1.82. The highest BCUT2D eigenvalue weighted by Gasteiger charge is 2.06. The summed E-state index contributed by atoms with van der Waals surface area (Å²) in [5.41, 5.74) is 9.53. The zero-order valence-corrected chi connectivity index (χ0v) is 11.0. The molecule has 3 heteroatoms. The van der Waals surface area contributed by atoms with Crippen LogP contribution in [-0.4, -0.2) is 11.1 Å². The third-order valence-corrected chi connectivity index (χ3v) is 2.53. The number of hydrogen-bond acceptors (Lipinski definition) is 3. The Hall–Kier alpha value is -2.03. The standard InChI is InChI=1S/C15H18N2O/c1-10(2)18-13-6-4-5-12(8-13)15-14(16)7-11(3)9-17-15/h4-10H,16H2,1-3H3. The molecule has 0 aliphatic carbocycles. The normalized spacial score (nSPS) is 10.7. The molecule has 0 aliphatic heterocycles. The largest absolute Gasteiger partial charge is 0.491 e. The van der Waals surface area contributed by atoms with Crippen molar-refractivity contribution >= 4 is 5.69 Å². The Labute approximate surface area is 108 Å². The van der Waals surface area contributed by atoms with Crippen LogP contribution in [0, 0.1) is 6.92 Å². The molecule has 1 aromatic heterocycles. The molecule has 1 heterocycles. The van der Waals surface area contributed by atoms with E-state index in [-0.39, 0.29) is 6.10 Å². The molecule has 0 saturated heterocycles. The number of aryl methyl sites for hydroxylation is 1. The molecule has 0 bridgehead atoms. The molecule has 0 radical (unpaired) electrons. The number of nitrogens with zero attached hydrogens (tertiary/aromatic N) is 1. The smallest absolute Gasteiger partial charge is 0.120 e. The lowest BCUT2D eigenvalue weighted by molar-refractivity contribution is 0.242. The number of rotatable bonds is 3. The minimum absolute atomic E-state index is 0.156. The summed E-state index contributed by atoms with van der Waals surface area (Å²) in [5, 5.41) is 0. The Morgan fingerprint density at radius 2 is 2.00 bits per heavy atom. The van der Waals surface area contributed by atoms with Crippen molar-refractivity contribution in [3.8, 4) is 17.0 Å². The molecule has 0 unspecified atom stereocenters. The fraction of sp³-hybridized carbons (Fsp3) is 0.267. The van der Waals surface area contributed by atoms with Crippen LogP contribution in [0.3, 0.4) is 0 Å². The lowest BCUT2D eigenvalue weighted by Crippen LogP contribution is -2.05. The highest BCUT2D eigenvalue weighted by atomic mass is 16.5. The van der Waals surface area contributed by atoms with Crippen molar-refractivity contribution in [1.29, 1.82) is 0 Å². The van der Waals surface area contributed by atoms with Gasteiger partial charge in [-0.15, -0.1) is 0 Å². The minimum atomic E-state index is 0.156. The molecule has 3 nitrogen and oxygen atoms in total. The van der Waals surface area contributed by atoms with Gasteiger partial charge in [-0.1, -0.05) is 12.1 Å². The van der Waals surface area contributed by atoms with E-state index in [1.165, 1.54) is 0 Å². The Balaban J connectivity index is 2.38. The summed E-state index contributed by atoms with van der Waals surface area (Å²) in [6.45, 7) is 5.99. The number of nitrogens with two attached hydrogens (primary N) is 1. The summed E-state index contributed by atoms with van der Waals surface area (Å²) in [4.78, 5) is 4.39. The monoisotopic (exact) mass is 242 g/mol. The van der Waals surface area contributed by atoms with Gasteiger partial charge in [0.1, 0.15) is 5.75 Å². The third kappa shape index (κ3) is 2.80. The molecular formula is C15H18N2O. The quantitative estimate of drug-likeness (QED) is 0.897. The predicted molar refractivity (Wildman–Crippen MR) is 74.6 cm³/mol. The van der Waals surface area contributed by atoms with Crippen LogP contribution in [0.2, 0.25) is 0 Å². The van der Waals surface area contributed by atoms with E-state index in [4.69, 9.17) is 10.5 Å². The van der Waals surface area contributed by atoms with Crippen molar-refractivity contribution < 1.29 is 4.74 Å². The van der Waals surface area contributed by atoms with Crippen LogP contribution in [0.4, 0.5) is 5.69 Å². The van der Waals surface area contributed by atoms with Gasteiger partial charge in [-0.2, -0.15) is 0 Å². The average Bonchev–Trinajstić information content (AvgIpc) is 2.28. The maximum Gasteiger partial charge on any atom is 0.120 e. The van der Waals surface area contributed by atoms with Crippen LogP contribution in [0.15, 0.2) is 36.5 Å². The van der Waals surface area contributed by atoms with Crippen molar-refractivity contribution in [2.24, 2.45) is 0 Å². The van der Waals surface area contributed by atoms with Crippen LogP contribution in [0.1, 0.15) is 19.4 Å². The number of nitrogen functional groups attached to an aromatic ring is 1. The van der Waals surface area contributed by atoms with E-state index >= 15 is 0 Å². The van der Waals surface area contributed by atoms with Gasteiger partial charge >= 0.3 is 0 Å². The molecule has 0 amide bonds. The van der Waals surface area contributed by atoms with Crippen LogP contribution < -0.4 is 10.5 Å². The van der Waals surface area contributed by atoms with Crippen molar-refractivity contribution in [3.05, 3.63) is 42.1 Å². The minimum Gasteiger partial charge on any atom is -0.491 e. The molecule has 0 atom stereocenters. The summed E-state index contributed by atoms with van der Waals surface area (Å²) in [6.07, 6.45) is 1.98. The summed E-state index contributed by atoms with van der Waals surface area (Å²) < 4.78 is 5.67. The first kappa shape index (κ1) is 12.4. The van der Waals surface area contributed by atoms with E-state index in [1.807, 2.05) is 57.3 Å². The van der Waals surface area contributed by atoms with Crippen molar-refractivity contribution in [3.63, 3.8) is 0 Å². The van der Waals surface area contributed by atoms with E-state index < -0.39 is 0 Å². The summed E-state index contributed by atoms with van der Waals surface area (Å²) in [7, 11) is 0. The van der Waals surface area contributed by atoms with Crippen molar-refractivity contribution in [2.75, 3.05) is 5.73 Å². The van der Waals surface area contributed by atoms with Gasteiger partial charge in [0, 0.05) is 11.8 Å². The van der Waals surface area contributed by atoms with Crippen LogP contribution in [0.25, 0.3) is 11.3 Å². The first-order valence-corrected chi connectivity index (χ1v) is 6.05. The van der Waals surface area contributed by atoms with E-state index in [9.17, 15) is 0 Å². The lowest BCUT2D eigenvalue weighted by Gasteiger charge is -2.11. The number of ether oxygens (including phenoxy) is 1. The maximum atomic E-state index is 6.00. The first-order chi connectivity index (χ1) is 8.56. The number of benzene rings is 1. The molecule has 2 N–H and O–H groups in total. The van der Waals surface area contributed by atoms with Gasteiger partial charge in [-0.3, -0.25) is 4.98 Å². The second-order valence-corrected chi connectivity index (χ2v) is 4.64. The van der Waals surface area contributed by atoms with Gasteiger partial charge in [-0.05, 0) is 44.5 Å². The average molecular weight is 242 g/mol. The molecule has 0 saturated carbocycles. The Kier molecular flexibility index (Phi) is 3.51. The molecule has 2 aromatic rings. The highest BCUT2D eigenvalue weighted by Crippen LogP contribution is 2.27. The van der Waals surface area contributed by atoms with Crippen molar-refractivity contribution in [1.82, 2.24) is 4.98 Å². The first-order valence-electron chi connectivity index (χ1n) is 6.05. The molecule has 18 heavy (non-hydrogen) atoms. The van der Waals surface area contributed by atoms with E-state index in [1.54, 1.807) is 0 Å². The number of aromatic nitrogens is 1. The number of anilines is 1. The van der Waals surface area contributed by atoms with Gasteiger partial charge in [-0.25, -0.2) is 0 Å². The molecule has 1 aromatic carbocycles. The highest BCUT2D eigenvalue weighted by molar-refractivity contribution is 5.73. The topological polar surface area (TPSA) is 48.1 Å². The van der Waals surface area contributed by atoms with Gasteiger partial charge in [0.05, 0.1) is 17.5 Å². The molecule has 2 rings (SSSR count). The third-order valence-electron chi connectivity index (χ3n) is 2.53. The second kappa shape index (κ2) is 5.08. The van der Waals surface area contributed by atoms with Crippen LogP contribution in [-0.2, 0) is 0 Å². The van der Waals surface area contributed by atoms with Crippen LogP contribution >= 0.6 is 0 Å². The maximum absolute atomic E-state index is 6.00. The molecular weight excluding hydrogens is 224 g/mol. The molecule has 0 aliphatic rings. The SMILES string of the molecule is Cc1cnc(-c2cccc(OC(C)C)c2)c(N)c1. The lowest BCUT2D eigenvalue weighted by atomic mass is 10.1. The van der Waals surface area contributed by atoms with Gasteiger partial charge in [0.2, 0.25) is 0 Å². The zero-order chi connectivity index (χ0) is 13.1. The van der Waals surface area contributed by atoms with Gasteiger partial charge < -0.3 is 10.5 Å². The summed E-state index contributed by atoms with van der Waals surface area (Å²) in [6, 6.07) is 9.77. The molecule has 0 spiro atoms. The second-order valence-electron chi connectivity index (χ2n) is 4.64. The van der Waals surface area contributed by atoms with E-state index in [0.717, 1.165) is 22.6 Å². The number of pyridine rings is 1. The molecule has 0 fully saturated rings. The Morgan fingerprint density at radius 3 is 2.67 bits per heavy atom. The summed E-state index contributed by atoms with van der Waals surface area (Å²) in [5.74, 6) is 0.837. The van der Waals surface area contributed by atoms with Crippen molar-refractivity contribution in [2.45, 2.75) is 26.9 Å². The van der Waals surface area contributed by atoms with Gasteiger partial charge in [0.15, 0.2) is 0 Å². The Bertz CT molecular complexity index is 550. The van der Waals surface area contributed by atoms with E-state index in [0.29, 0.717) is 5.69 Å². The number of hydrogen-bond donors (Lipinski definition) is 1. The fourth-order valence-electron chi connectivity index (χ4n) is 1.82. The Morgan fingerprint density at radius 1 is 1.22 bits per heavy atom.